The Morgan fingerprint density at radius 2 is 1.87 bits per heavy atom. The van der Waals surface area contributed by atoms with Crippen LogP contribution in [0.2, 0.25) is 0 Å². The maximum Gasteiger partial charge on any atom is 0.261 e. The molecule has 0 unspecified atom stereocenters. The van der Waals surface area contributed by atoms with Crippen LogP contribution >= 0.6 is 23.1 Å². The number of ether oxygens (including phenoxy) is 2. The molecular formula is C22H23N3O4S2. The number of rotatable bonds is 10. The minimum atomic E-state index is -0.267. The maximum atomic E-state index is 12.5. The molecule has 162 valence electrons. The predicted octanol–water partition coefficient (Wildman–Crippen LogP) is 4.67. The fourth-order valence-corrected chi connectivity index (χ4v) is 4.18. The monoisotopic (exact) mass is 457 g/mol. The topological polar surface area (TPSA) is 89.5 Å². The molecule has 0 saturated carbocycles. The number of hydrogen-bond donors (Lipinski definition) is 2. The molecule has 0 bridgehead atoms. The van der Waals surface area contributed by atoms with E-state index in [2.05, 4.69) is 15.6 Å². The largest absolute Gasteiger partial charge is 0.497 e. The summed E-state index contributed by atoms with van der Waals surface area (Å²) in [4.78, 5) is 29.1. The number of para-hydroxylation sites is 1. The van der Waals surface area contributed by atoms with E-state index in [0.717, 1.165) is 17.1 Å². The van der Waals surface area contributed by atoms with Gasteiger partial charge in [-0.3, -0.25) is 14.9 Å². The average molecular weight is 458 g/mol. The van der Waals surface area contributed by atoms with E-state index >= 15 is 0 Å². The number of nitrogens with zero attached hydrogens (tertiary/aromatic N) is 1. The van der Waals surface area contributed by atoms with Crippen molar-refractivity contribution in [1.82, 2.24) is 4.98 Å². The summed E-state index contributed by atoms with van der Waals surface area (Å²) in [5.74, 6) is 1.78. The van der Waals surface area contributed by atoms with Crippen LogP contribution in [0, 0.1) is 0 Å². The lowest BCUT2D eigenvalue weighted by Gasteiger charge is -2.08. The molecule has 31 heavy (non-hydrogen) atoms. The van der Waals surface area contributed by atoms with E-state index in [-0.39, 0.29) is 11.8 Å². The number of amides is 2. The first kappa shape index (κ1) is 22.6. The van der Waals surface area contributed by atoms with Crippen molar-refractivity contribution in [2.45, 2.75) is 12.7 Å². The Hall–Kier alpha value is -3.04. The third kappa shape index (κ3) is 6.73. The summed E-state index contributed by atoms with van der Waals surface area (Å²) >= 11 is 2.80. The van der Waals surface area contributed by atoms with Crippen LogP contribution < -0.4 is 20.1 Å². The molecule has 7 nitrogen and oxygen atoms in total. The van der Waals surface area contributed by atoms with Gasteiger partial charge in [0.2, 0.25) is 5.91 Å². The fourth-order valence-electron chi connectivity index (χ4n) is 2.65. The van der Waals surface area contributed by atoms with E-state index < -0.39 is 0 Å². The van der Waals surface area contributed by atoms with Crippen molar-refractivity contribution in [2.24, 2.45) is 0 Å². The molecule has 0 aliphatic carbocycles. The number of benzene rings is 2. The van der Waals surface area contributed by atoms with Gasteiger partial charge in [-0.15, -0.1) is 23.1 Å². The van der Waals surface area contributed by atoms with Crippen molar-refractivity contribution in [3.63, 3.8) is 0 Å². The number of thiazole rings is 1. The van der Waals surface area contributed by atoms with Crippen LogP contribution in [0.3, 0.4) is 0 Å². The number of nitrogens with one attached hydrogen (secondary N) is 2. The van der Waals surface area contributed by atoms with E-state index in [9.17, 15) is 9.59 Å². The molecule has 0 aliphatic rings. The number of hydrogen-bond acceptors (Lipinski definition) is 7. The van der Waals surface area contributed by atoms with E-state index in [4.69, 9.17) is 9.47 Å². The summed E-state index contributed by atoms with van der Waals surface area (Å²) in [7, 11) is 1.60. The van der Waals surface area contributed by atoms with Gasteiger partial charge in [0, 0.05) is 16.8 Å². The lowest BCUT2D eigenvalue weighted by molar-refractivity contribution is -0.113. The average Bonchev–Trinajstić information content (AvgIpc) is 3.22. The molecule has 0 saturated heterocycles. The van der Waals surface area contributed by atoms with Crippen molar-refractivity contribution in [2.75, 3.05) is 30.1 Å². The van der Waals surface area contributed by atoms with Crippen LogP contribution in [0.1, 0.15) is 23.0 Å². The van der Waals surface area contributed by atoms with Crippen LogP contribution in [0.4, 0.5) is 10.8 Å². The predicted molar refractivity (Wildman–Crippen MR) is 125 cm³/mol. The summed E-state index contributed by atoms with van der Waals surface area (Å²) in [6.45, 7) is 2.35. The normalized spacial score (nSPS) is 10.4. The molecule has 2 N–H and O–H groups in total. The van der Waals surface area contributed by atoms with Crippen molar-refractivity contribution < 1.29 is 19.1 Å². The Morgan fingerprint density at radius 3 is 2.61 bits per heavy atom. The van der Waals surface area contributed by atoms with Gasteiger partial charge in [-0.2, -0.15) is 0 Å². The SMILES string of the molecule is CCOc1ccccc1C(=O)Nc1nc(CSCC(=O)Nc2ccc(OC)cc2)cs1. The van der Waals surface area contributed by atoms with Gasteiger partial charge in [0.05, 0.1) is 30.7 Å². The first-order valence-electron chi connectivity index (χ1n) is 9.58. The number of anilines is 2. The quantitative estimate of drug-likeness (QED) is 0.460. The van der Waals surface area contributed by atoms with E-state index in [1.807, 2.05) is 18.4 Å². The Morgan fingerprint density at radius 1 is 1.10 bits per heavy atom. The van der Waals surface area contributed by atoms with Crippen LogP contribution in [0.15, 0.2) is 53.9 Å². The smallest absolute Gasteiger partial charge is 0.261 e. The molecule has 1 heterocycles. The molecule has 2 amide bonds. The van der Waals surface area contributed by atoms with E-state index in [0.29, 0.717) is 34.6 Å². The third-order valence-corrected chi connectivity index (χ3v) is 5.83. The minimum Gasteiger partial charge on any atom is -0.497 e. The molecule has 0 spiro atoms. The Kier molecular flexibility index (Phi) is 8.31. The van der Waals surface area contributed by atoms with Gasteiger partial charge < -0.3 is 14.8 Å². The molecule has 2 aromatic carbocycles. The molecular weight excluding hydrogens is 434 g/mol. The molecule has 1 aromatic heterocycles. The minimum absolute atomic E-state index is 0.0912. The van der Waals surface area contributed by atoms with Crippen LogP contribution in [-0.4, -0.2) is 36.3 Å². The van der Waals surface area contributed by atoms with E-state index in [1.165, 1.54) is 23.1 Å². The maximum absolute atomic E-state index is 12.5. The highest BCUT2D eigenvalue weighted by molar-refractivity contribution is 7.99. The number of thioether (sulfide) groups is 1. The van der Waals surface area contributed by atoms with Gasteiger partial charge in [-0.05, 0) is 43.3 Å². The van der Waals surface area contributed by atoms with Crippen molar-refractivity contribution in [1.29, 1.82) is 0 Å². The lowest BCUT2D eigenvalue weighted by atomic mass is 10.2. The van der Waals surface area contributed by atoms with Gasteiger partial charge in [0.25, 0.3) is 5.91 Å². The highest BCUT2D eigenvalue weighted by Gasteiger charge is 2.14. The third-order valence-electron chi connectivity index (χ3n) is 4.06. The van der Waals surface area contributed by atoms with Crippen LogP contribution in [0.5, 0.6) is 11.5 Å². The summed E-state index contributed by atoms with van der Waals surface area (Å²) in [6, 6.07) is 14.3. The standard InChI is InChI=1S/C22H23N3O4S2/c1-3-29-19-7-5-4-6-18(19)21(27)25-22-24-16(13-31-22)12-30-14-20(26)23-15-8-10-17(28-2)11-9-15/h4-11,13H,3,12,14H2,1-2H3,(H,23,26)(H,24,25,27). The summed E-state index contributed by atoms with van der Waals surface area (Å²) < 4.78 is 10.6. The summed E-state index contributed by atoms with van der Waals surface area (Å²) in [6.07, 6.45) is 0. The fraction of sp³-hybridized carbons (Fsp3) is 0.227. The second-order valence-electron chi connectivity index (χ2n) is 6.30. The Labute approximate surface area is 189 Å². The molecule has 0 aliphatic heterocycles. The van der Waals surface area contributed by atoms with Gasteiger partial charge in [0.1, 0.15) is 11.5 Å². The molecule has 3 aromatic rings. The first-order valence-corrected chi connectivity index (χ1v) is 11.6. The Bertz CT molecular complexity index is 1020. The van der Waals surface area contributed by atoms with Crippen LogP contribution in [-0.2, 0) is 10.5 Å². The van der Waals surface area contributed by atoms with Crippen molar-refractivity contribution in [3.05, 3.63) is 65.2 Å². The Balaban J connectivity index is 1.46. The van der Waals surface area contributed by atoms with E-state index in [1.54, 1.807) is 49.6 Å². The zero-order chi connectivity index (χ0) is 22.1. The number of carbonyl (C=O) groups is 2. The summed E-state index contributed by atoms with van der Waals surface area (Å²) in [5, 5.41) is 8.03. The summed E-state index contributed by atoms with van der Waals surface area (Å²) in [5.41, 5.74) is 1.99. The van der Waals surface area contributed by atoms with Gasteiger partial charge in [-0.1, -0.05) is 12.1 Å². The zero-order valence-electron chi connectivity index (χ0n) is 17.2. The van der Waals surface area contributed by atoms with Crippen LogP contribution in [0.25, 0.3) is 0 Å². The molecule has 9 heteroatoms. The molecule has 3 rings (SSSR count). The zero-order valence-corrected chi connectivity index (χ0v) is 18.8. The molecule has 0 radical (unpaired) electrons. The van der Waals surface area contributed by atoms with Gasteiger partial charge in [-0.25, -0.2) is 4.98 Å². The highest BCUT2D eigenvalue weighted by atomic mass is 32.2. The van der Waals surface area contributed by atoms with Gasteiger partial charge in [0.15, 0.2) is 5.13 Å². The second kappa shape index (κ2) is 11.4. The number of carbonyl (C=O) groups excluding carboxylic acids is 2. The molecule has 0 fully saturated rings. The molecule has 0 atom stereocenters. The van der Waals surface area contributed by atoms with Crippen molar-refractivity contribution >= 4 is 45.7 Å². The number of methoxy groups -OCH3 is 1. The number of aromatic nitrogens is 1. The second-order valence-corrected chi connectivity index (χ2v) is 8.14. The lowest BCUT2D eigenvalue weighted by Crippen LogP contribution is -2.14. The van der Waals surface area contributed by atoms with Crippen molar-refractivity contribution in [3.8, 4) is 11.5 Å². The highest BCUT2D eigenvalue weighted by Crippen LogP contribution is 2.23. The first-order chi connectivity index (χ1) is 15.1. The van der Waals surface area contributed by atoms with Gasteiger partial charge >= 0.3 is 0 Å².